The highest BCUT2D eigenvalue weighted by Gasteiger charge is 2.51. The van der Waals surface area contributed by atoms with E-state index in [1.807, 2.05) is 0 Å². The van der Waals surface area contributed by atoms with Crippen LogP contribution in [0.25, 0.3) is 0 Å². The van der Waals surface area contributed by atoms with E-state index in [-0.39, 0.29) is 29.9 Å². The van der Waals surface area contributed by atoms with Crippen LogP contribution in [0.1, 0.15) is 5.56 Å². The molecule has 1 aromatic rings. The molecule has 35 heavy (non-hydrogen) atoms. The third-order valence-electron chi connectivity index (χ3n) is 5.01. The van der Waals surface area contributed by atoms with Crippen LogP contribution >= 0.6 is 11.8 Å². The summed E-state index contributed by atoms with van der Waals surface area (Å²) in [4.78, 5) is 1.17. The number of thioether (sulfide) groups is 1. The molecule has 5 atom stereocenters. The van der Waals surface area contributed by atoms with Gasteiger partial charge in [-0.1, -0.05) is 29.5 Å². The summed E-state index contributed by atoms with van der Waals surface area (Å²) in [5.74, 6) is 0. The molecule has 0 unspecified atom stereocenters. The number of ether oxygens (including phenoxy) is 1. The van der Waals surface area contributed by atoms with E-state index in [1.54, 1.807) is 11.8 Å². The summed E-state index contributed by atoms with van der Waals surface area (Å²) >= 11 is 1.73. The van der Waals surface area contributed by atoms with Gasteiger partial charge in [-0.25, -0.2) is 0 Å². The van der Waals surface area contributed by atoms with E-state index in [0.717, 1.165) is 0 Å². The van der Waals surface area contributed by atoms with Crippen molar-refractivity contribution in [3.8, 4) is 0 Å². The Bertz CT molecular complexity index is 797. The normalized spacial score (nSPS) is 26.7. The first-order valence-electron chi connectivity index (χ1n) is 12.8. The number of benzene rings is 1. The summed E-state index contributed by atoms with van der Waals surface area (Å²) in [6.45, 7) is 29.4. The van der Waals surface area contributed by atoms with Crippen LogP contribution in [-0.4, -0.2) is 69.7 Å². The predicted molar refractivity (Wildman–Crippen MR) is 160 cm³/mol. The summed E-state index contributed by atoms with van der Waals surface area (Å²) in [6, 6.07) is 8.64. The maximum atomic E-state index is 6.94. The Morgan fingerprint density at radius 1 is 0.657 bits per heavy atom. The number of aryl methyl sites for hydroxylation is 1. The summed E-state index contributed by atoms with van der Waals surface area (Å²) in [5.41, 5.74) is 1.04. The van der Waals surface area contributed by atoms with E-state index in [9.17, 15) is 0 Å². The fraction of sp³-hybridized carbons (Fsp3) is 0.760. The molecule has 202 valence electrons. The molecular formula is C25H50O5SSi4. The molecule has 0 aliphatic carbocycles. The number of rotatable bonds is 11. The van der Waals surface area contributed by atoms with Gasteiger partial charge in [-0.2, -0.15) is 0 Å². The fourth-order valence-electron chi connectivity index (χ4n) is 3.82. The van der Waals surface area contributed by atoms with Crippen molar-refractivity contribution in [3.63, 3.8) is 0 Å². The van der Waals surface area contributed by atoms with Crippen LogP contribution in [0.3, 0.4) is 0 Å². The lowest BCUT2D eigenvalue weighted by Crippen LogP contribution is -2.65. The molecule has 0 saturated carbocycles. The zero-order chi connectivity index (χ0) is 26.8. The summed E-state index contributed by atoms with van der Waals surface area (Å²) in [6.07, 6.45) is -0.851. The maximum Gasteiger partial charge on any atom is 0.184 e. The first-order chi connectivity index (χ1) is 15.7. The van der Waals surface area contributed by atoms with E-state index >= 15 is 0 Å². The van der Waals surface area contributed by atoms with Crippen molar-refractivity contribution in [1.29, 1.82) is 0 Å². The molecule has 1 fully saturated rings. The van der Waals surface area contributed by atoms with Gasteiger partial charge in [-0.15, -0.1) is 0 Å². The monoisotopic (exact) mass is 574 g/mol. The van der Waals surface area contributed by atoms with E-state index in [1.165, 1.54) is 10.5 Å². The van der Waals surface area contributed by atoms with E-state index in [2.05, 4.69) is 110 Å². The van der Waals surface area contributed by atoms with Gasteiger partial charge in [-0.05, 0) is 97.6 Å². The molecule has 0 aromatic heterocycles. The molecule has 1 heterocycles. The van der Waals surface area contributed by atoms with Gasteiger partial charge in [0.1, 0.15) is 29.9 Å². The van der Waals surface area contributed by atoms with Gasteiger partial charge in [0.15, 0.2) is 33.3 Å². The average molecular weight is 575 g/mol. The van der Waals surface area contributed by atoms with E-state index < -0.39 is 33.3 Å². The molecule has 10 heteroatoms. The van der Waals surface area contributed by atoms with Crippen molar-refractivity contribution < 1.29 is 22.4 Å². The lowest BCUT2D eigenvalue weighted by atomic mass is 10.0. The summed E-state index contributed by atoms with van der Waals surface area (Å²) in [5, 5.41) is 0. The van der Waals surface area contributed by atoms with Gasteiger partial charge < -0.3 is 22.4 Å². The Hall–Kier alpha value is 0.238. The molecule has 0 radical (unpaired) electrons. The Labute approximate surface area is 223 Å². The average Bonchev–Trinajstić information content (AvgIpc) is 2.63. The Morgan fingerprint density at radius 3 is 1.57 bits per heavy atom. The first kappa shape index (κ1) is 31.5. The largest absolute Gasteiger partial charge is 0.415 e. The minimum Gasteiger partial charge on any atom is -0.415 e. The Balaban J connectivity index is 2.54. The smallest absolute Gasteiger partial charge is 0.184 e. The SMILES string of the molecule is Cc1ccc(S[C@@H]2O[C@H](CO[Si](C)(C)C)[C@@H](O[Si](C)(C)C)[C@H](O[Si](C)(C)C)[C@H]2O[Si](C)(C)C)cc1. The van der Waals surface area contributed by atoms with Crippen molar-refractivity contribution in [2.24, 2.45) is 0 Å². The second-order valence-corrected chi connectivity index (χ2v) is 32.5. The standard InChI is InChI=1S/C25H50O5SSi4/c1-19-14-16-20(17-15-19)31-25-24(30-35(11,12)13)23(29-34(8,9)10)22(28-33(5,6)7)21(27-25)18-26-32(2,3)4/h14-17,21-25H,18H2,1-13H3/t21-,22-,23+,24-,25+/m1/s1. The minimum absolute atomic E-state index is 0.202. The van der Waals surface area contributed by atoms with Crippen molar-refractivity contribution in [1.82, 2.24) is 0 Å². The highest BCUT2D eigenvalue weighted by atomic mass is 32.2. The molecule has 1 aliphatic heterocycles. The lowest BCUT2D eigenvalue weighted by Gasteiger charge is -2.51. The summed E-state index contributed by atoms with van der Waals surface area (Å²) in [7, 11) is -7.49. The van der Waals surface area contributed by atoms with Crippen LogP contribution in [0.15, 0.2) is 29.2 Å². The second kappa shape index (κ2) is 12.0. The van der Waals surface area contributed by atoms with Crippen LogP contribution < -0.4 is 0 Å². The molecule has 0 N–H and O–H groups in total. The van der Waals surface area contributed by atoms with Gasteiger partial charge in [0.2, 0.25) is 0 Å². The molecule has 2 rings (SSSR count). The van der Waals surface area contributed by atoms with Gasteiger partial charge >= 0.3 is 0 Å². The van der Waals surface area contributed by atoms with Crippen molar-refractivity contribution in [2.75, 3.05) is 6.61 Å². The van der Waals surface area contributed by atoms with Crippen LogP contribution in [0.5, 0.6) is 0 Å². The Kier molecular flexibility index (Phi) is 10.7. The molecule has 1 aromatic carbocycles. The molecule has 0 amide bonds. The molecule has 0 spiro atoms. The Morgan fingerprint density at radius 2 is 1.11 bits per heavy atom. The highest BCUT2D eigenvalue weighted by Crippen LogP contribution is 2.40. The third kappa shape index (κ3) is 11.7. The molecule has 1 aliphatic rings. The number of hydrogen-bond donors (Lipinski definition) is 0. The van der Waals surface area contributed by atoms with Crippen LogP contribution in [0.2, 0.25) is 78.6 Å². The van der Waals surface area contributed by atoms with Crippen molar-refractivity contribution in [3.05, 3.63) is 29.8 Å². The van der Waals surface area contributed by atoms with Gasteiger partial charge in [0.25, 0.3) is 0 Å². The first-order valence-corrected chi connectivity index (χ1v) is 27.3. The maximum absolute atomic E-state index is 6.94. The zero-order valence-corrected chi connectivity index (χ0v) is 29.2. The van der Waals surface area contributed by atoms with E-state index in [4.69, 9.17) is 22.4 Å². The van der Waals surface area contributed by atoms with Gasteiger partial charge in [0.05, 0.1) is 6.61 Å². The van der Waals surface area contributed by atoms with Crippen LogP contribution in [0.4, 0.5) is 0 Å². The van der Waals surface area contributed by atoms with E-state index in [0.29, 0.717) is 6.61 Å². The number of hydrogen-bond acceptors (Lipinski definition) is 6. The summed E-state index contributed by atoms with van der Waals surface area (Å²) < 4.78 is 33.9. The second-order valence-electron chi connectivity index (χ2n) is 13.5. The van der Waals surface area contributed by atoms with Crippen LogP contribution in [0, 0.1) is 6.92 Å². The minimum atomic E-state index is -1.92. The zero-order valence-electron chi connectivity index (χ0n) is 24.4. The van der Waals surface area contributed by atoms with Crippen LogP contribution in [-0.2, 0) is 22.4 Å². The highest BCUT2D eigenvalue weighted by molar-refractivity contribution is 7.99. The lowest BCUT2D eigenvalue weighted by molar-refractivity contribution is -0.189. The molecule has 0 bridgehead atoms. The molecular weight excluding hydrogens is 525 g/mol. The topological polar surface area (TPSA) is 46.2 Å². The molecule has 5 nitrogen and oxygen atoms in total. The van der Waals surface area contributed by atoms with Gasteiger partial charge in [0, 0.05) is 4.90 Å². The van der Waals surface area contributed by atoms with Crippen molar-refractivity contribution >= 4 is 45.0 Å². The van der Waals surface area contributed by atoms with Crippen molar-refractivity contribution in [2.45, 2.75) is 120 Å². The fourth-order valence-corrected chi connectivity index (χ4v) is 8.95. The molecule has 1 saturated heterocycles. The van der Waals surface area contributed by atoms with Gasteiger partial charge in [-0.3, -0.25) is 0 Å². The third-order valence-corrected chi connectivity index (χ3v) is 10.1. The predicted octanol–water partition coefficient (Wildman–Crippen LogP) is 7.32. The quantitative estimate of drug-likeness (QED) is 0.258.